The Bertz CT molecular complexity index is 442. The highest BCUT2D eigenvalue weighted by atomic mass is 16.5. The van der Waals surface area contributed by atoms with Crippen molar-refractivity contribution < 1.29 is 4.74 Å². The van der Waals surface area contributed by atoms with Crippen molar-refractivity contribution in [3.05, 3.63) is 23.8 Å². The van der Waals surface area contributed by atoms with E-state index in [9.17, 15) is 0 Å². The molecule has 3 heteroatoms. The van der Waals surface area contributed by atoms with E-state index in [1.54, 1.807) is 7.11 Å². The molecule has 0 amide bonds. The summed E-state index contributed by atoms with van der Waals surface area (Å²) >= 11 is 0. The maximum Gasteiger partial charge on any atom is 0.142 e. The largest absolute Gasteiger partial charge is 0.495 e. The minimum Gasteiger partial charge on any atom is -0.495 e. The quantitative estimate of drug-likeness (QED) is 0.906. The number of benzene rings is 1. The lowest BCUT2D eigenvalue weighted by molar-refractivity contribution is 0.271. The van der Waals surface area contributed by atoms with Gasteiger partial charge in [0.1, 0.15) is 5.75 Å². The van der Waals surface area contributed by atoms with Gasteiger partial charge >= 0.3 is 0 Å². The lowest BCUT2D eigenvalue weighted by Crippen LogP contribution is -2.52. The van der Waals surface area contributed by atoms with Gasteiger partial charge in [0.05, 0.1) is 12.8 Å². The molecular weight excluding hydrogens is 236 g/mol. The van der Waals surface area contributed by atoms with Crippen LogP contribution in [0.3, 0.4) is 0 Å². The van der Waals surface area contributed by atoms with Crippen LogP contribution in [0.4, 0.5) is 5.69 Å². The highest BCUT2D eigenvalue weighted by Gasteiger charge is 2.30. The van der Waals surface area contributed by atoms with Crippen molar-refractivity contribution in [1.82, 2.24) is 5.32 Å². The number of nitrogens with zero attached hydrogens (tertiary/aromatic N) is 1. The molecule has 1 aromatic carbocycles. The number of piperidine rings is 1. The van der Waals surface area contributed by atoms with Crippen molar-refractivity contribution in [2.45, 2.75) is 45.2 Å². The Morgan fingerprint density at radius 2 is 2.11 bits per heavy atom. The summed E-state index contributed by atoms with van der Waals surface area (Å²) in [6.07, 6.45) is 2.33. The zero-order valence-electron chi connectivity index (χ0n) is 12.8. The minimum atomic E-state index is 0.217. The third-order valence-corrected chi connectivity index (χ3v) is 4.09. The van der Waals surface area contributed by atoms with Crippen LogP contribution >= 0.6 is 0 Å². The maximum atomic E-state index is 5.51. The smallest absolute Gasteiger partial charge is 0.142 e. The molecule has 19 heavy (non-hydrogen) atoms. The lowest BCUT2D eigenvalue weighted by Gasteiger charge is -2.41. The Kier molecular flexibility index (Phi) is 4.04. The van der Waals surface area contributed by atoms with Gasteiger partial charge in [0.25, 0.3) is 0 Å². The Balaban J connectivity index is 2.23. The standard InChI is InChI=1S/C16H26N2O/c1-12-6-7-15(19-5)14(10-12)18(4)13-8-9-17-16(2,3)11-13/h6-7,10,13,17H,8-9,11H2,1-5H3. The fourth-order valence-electron chi connectivity index (χ4n) is 2.94. The summed E-state index contributed by atoms with van der Waals surface area (Å²) < 4.78 is 5.51. The number of aryl methyl sites for hydroxylation is 1. The topological polar surface area (TPSA) is 24.5 Å². The third kappa shape index (κ3) is 3.21. The van der Waals surface area contributed by atoms with Gasteiger partial charge < -0.3 is 15.0 Å². The molecule has 3 nitrogen and oxygen atoms in total. The van der Waals surface area contributed by atoms with Gasteiger partial charge in [-0.25, -0.2) is 0 Å². The van der Waals surface area contributed by atoms with Crippen molar-refractivity contribution in [3.63, 3.8) is 0 Å². The second-order valence-corrected chi connectivity index (χ2v) is 6.24. The van der Waals surface area contributed by atoms with Crippen LogP contribution in [0.2, 0.25) is 0 Å². The van der Waals surface area contributed by atoms with E-state index in [-0.39, 0.29) is 5.54 Å². The number of hydrogen-bond donors (Lipinski definition) is 1. The molecular formula is C16H26N2O. The summed E-state index contributed by atoms with van der Waals surface area (Å²) in [6, 6.07) is 6.94. The van der Waals surface area contributed by atoms with Gasteiger partial charge in [-0.1, -0.05) is 6.07 Å². The van der Waals surface area contributed by atoms with Gasteiger partial charge in [-0.3, -0.25) is 0 Å². The number of rotatable bonds is 3. The van der Waals surface area contributed by atoms with E-state index in [0.717, 1.165) is 18.7 Å². The summed E-state index contributed by atoms with van der Waals surface area (Å²) in [5.74, 6) is 0.962. The van der Waals surface area contributed by atoms with Gasteiger partial charge in [-0.15, -0.1) is 0 Å². The monoisotopic (exact) mass is 262 g/mol. The van der Waals surface area contributed by atoms with Gasteiger partial charge in [0.2, 0.25) is 0 Å². The molecule has 2 rings (SSSR count). The molecule has 0 aromatic heterocycles. The number of methoxy groups -OCH3 is 1. The van der Waals surface area contributed by atoms with Gasteiger partial charge in [0, 0.05) is 18.6 Å². The van der Waals surface area contributed by atoms with Crippen LogP contribution in [-0.4, -0.2) is 32.3 Å². The van der Waals surface area contributed by atoms with E-state index in [0.29, 0.717) is 6.04 Å². The van der Waals surface area contributed by atoms with Gasteiger partial charge in [-0.05, 0) is 57.9 Å². The van der Waals surface area contributed by atoms with Crippen LogP contribution in [-0.2, 0) is 0 Å². The molecule has 1 saturated heterocycles. The van der Waals surface area contributed by atoms with Crippen molar-refractivity contribution in [2.24, 2.45) is 0 Å². The molecule has 1 heterocycles. The van der Waals surface area contributed by atoms with E-state index in [4.69, 9.17) is 4.74 Å². The normalized spacial score (nSPS) is 22.1. The average molecular weight is 262 g/mol. The number of anilines is 1. The first-order valence-electron chi connectivity index (χ1n) is 7.05. The SMILES string of the molecule is COc1ccc(C)cc1N(C)C1CCNC(C)(C)C1. The molecule has 0 aliphatic carbocycles. The average Bonchev–Trinajstić information content (AvgIpc) is 2.36. The first-order chi connectivity index (χ1) is 8.93. The fraction of sp³-hybridized carbons (Fsp3) is 0.625. The van der Waals surface area contributed by atoms with Crippen LogP contribution < -0.4 is 15.0 Å². The summed E-state index contributed by atoms with van der Waals surface area (Å²) in [7, 11) is 3.93. The number of nitrogens with one attached hydrogen (secondary N) is 1. The Morgan fingerprint density at radius 1 is 1.37 bits per heavy atom. The fourth-order valence-corrected chi connectivity index (χ4v) is 2.94. The van der Waals surface area contributed by atoms with E-state index >= 15 is 0 Å². The Hall–Kier alpha value is -1.22. The lowest BCUT2D eigenvalue weighted by atomic mass is 9.88. The second-order valence-electron chi connectivity index (χ2n) is 6.24. The molecule has 1 fully saturated rings. The van der Waals surface area contributed by atoms with E-state index in [2.05, 4.69) is 56.2 Å². The molecule has 1 N–H and O–H groups in total. The van der Waals surface area contributed by atoms with Crippen molar-refractivity contribution in [2.75, 3.05) is 25.6 Å². The van der Waals surface area contributed by atoms with E-state index in [1.165, 1.54) is 17.7 Å². The Labute approximate surface area is 116 Å². The predicted octanol–water partition coefficient (Wildman–Crippen LogP) is 2.97. The van der Waals surface area contributed by atoms with Crippen molar-refractivity contribution in [3.8, 4) is 5.75 Å². The molecule has 1 aliphatic heterocycles. The van der Waals surface area contributed by atoms with Crippen LogP contribution in [0.5, 0.6) is 5.75 Å². The summed E-state index contributed by atoms with van der Waals surface area (Å²) in [5.41, 5.74) is 2.69. The van der Waals surface area contributed by atoms with Crippen LogP contribution in [0, 0.1) is 6.92 Å². The minimum absolute atomic E-state index is 0.217. The predicted molar refractivity (Wildman–Crippen MR) is 81.2 cm³/mol. The molecule has 1 atom stereocenters. The highest BCUT2D eigenvalue weighted by molar-refractivity contribution is 5.60. The zero-order valence-corrected chi connectivity index (χ0v) is 12.8. The maximum absolute atomic E-state index is 5.51. The summed E-state index contributed by atoms with van der Waals surface area (Å²) in [4.78, 5) is 2.38. The second kappa shape index (κ2) is 5.41. The van der Waals surface area contributed by atoms with Gasteiger partial charge in [-0.2, -0.15) is 0 Å². The van der Waals surface area contributed by atoms with Gasteiger partial charge in [0.15, 0.2) is 0 Å². The molecule has 0 radical (unpaired) electrons. The van der Waals surface area contributed by atoms with E-state index in [1.807, 2.05) is 0 Å². The zero-order chi connectivity index (χ0) is 14.0. The third-order valence-electron chi connectivity index (χ3n) is 4.09. The summed E-state index contributed by atoms with van der Waals surface area (Å²) in [5, 5.41) is 3.58. The van der Waals surface area contributed by atoms with Crippen molar-refractivity contribution in [1.29, 1.82) is 0 Å². The first-order valence-corrected chi connectivity index (χ1v) is 7.05. The molecule has 0 bridgehead atoms. The molecule has 1 unspecified atom stereocenters. The summed E-state index contributed by atoms with van der Waals surface area (Å²) in [6.45, 7) is 7.76. The van der Waals surface area contributed by atoms with Crippen LogP contribution in [0.1, 0.15) is 32.3 Å². The molecule has 106 valence electrons. The highest BCUT2D eigenvalue weighted by Crippen LogP contribution is 2.33. The Morgan fingerprint density at radius 3 is 2.74 bits per heavy atom. The molecule has 0 spiro atoms. The molecule has 1 aliphatic rings. The molecule has 0 saturated carbocycles. The molecule has 1 aromatic rings. The number of hydrogen-bond acceptors (Lipinski definition) is 3. The van der Waals surface area contributed by atoms with Crippen molar-refractivity contribution >= 4 is 5.69 Å². The van der Waals surface area contributed by atoms with Crippen LogP contribution in [0.25, 0.3) is 0 Å². The van der Waals surface area contributed by atoms with E-state index < -0.39 is 0 Å². The first kappa shape index (κ1) is 14.2. The van der Waals surface area contributed by atoms with Crippen LogP contribution in [0.15, 0.2) is 18.2 Å². The number of ether oxygens (including phenoxy) is 1.